The van der Waals surface area contributed by atoms with Gasteiger partial charge in [0, 0.05) is 21.6 Å². The maximum atomic E-state index is 13.2. The zero-order chi connectivity index (χ0) is 24.4. The Kier molecular flexibility index (Phi) is 6.70. The molecule has 0 N–H and O–H groups in total. The molecule has 0 saturated carbocycles. The van der Waals surface area contributed by atoms with Crippen LogP contribution < -0.4 is 19.1 Å². The fourth-order valence-electron chi connectivity index (χ4n) is 3.91. The van der Waals surface area contributed by atoms with Crippen molar-refractivity contribution in [2.24, 2.45) is 4.99 Å². The van der Waals surface area contributed by atoms with Crippen molar-refractivity contribution in [1.82, 2.24) is 0 Å². The zero-order valence-corrected chi connectivity index (χ0v) is 20.6. The number of aryl methyl sites for hydroxylation is 1. The molecule has 4 rings (SSSR count). The lowest BCUT2D eigenvalue weighted by molar-refractivity contribution is -0.117. The summed E-state index contributed by atoms with van der Waals surface area (Å²) in [6.07, 6.45) is 0. The van der Waals surface area contributed by atoms with E-state index in [4.69, 9.17) is 14.2 Å². The summed E-state index contributed by atoms with van der Waals surface area (Å²) in [5, 5.41) is 0.724. The third kappa shape index (κ3) is 4.28. The average molecular weight is 479 g/mol. The summed E-state index contributed by atoms with van der Waals surface area (Å²) in [6, 6.07) is 12.5. The Hall–Kier alpha value is -3.65. The van der Waals surface area contributed by atoms with Crippen molar-refractivity contribution in [3.8, 4) is 17.2 Å². The highest BCUT2D eigenvalue weighted by atomic mass is 32.1. The smallest absolute Gasteiger partial charge is 0.249 e. The number of ketones is 1. The van der Waals surface area contributed by atoms with Gasteiger partial charge in [-0.3, -0.25) is 19.5 Å². The van der Waals surface area contributed by atoms with Gasteiger partial charge >= 0.3 is 0 Å². The first kappa shape index (κ1) is 23.5. The lowest BCUT2D eigenvalue weighted by Crippen LogP contribution is -2.36. The van der Waals surface area contributed by atoms with Gasteiger partial charge < -0.3 is 14.2 Å². The van der Waals surface area contributed by atoms with Gasteiger partial charge in [-0.05, 0) is 49.7 Å². The predicted molar refractivity (Wildman–Crippen MR) is 134 cm³/mol. The van der Waals surface area contributed by atoms with Crippen LogP contribution in [0.2, 0.25) is 0 Å². The van der Waals surface area contributed by atoms with Crippen LogP contribution in [0.15, 0.2) is 47.5 Å². The Morgan fingerprint density at radius 2 is 1.79 bits per heavy atom. The second-order valence-electron chi connectivity index (χ2n) is 7.83. The van der Waals surface area contributed by atoms with Gasteiger partial charge in [0.05, 0.1) is 33.6 Å². The summed E-state index contributed by atoms with van der Waals surface area (Å²) in [7, 11) is 4.72. The Balaban J connectivity index is 1.76. The van der Waals surface area contributed by atoms with Crippen molar-refractivity contribution in [3.05, 3.63) is 69.6 Å². The number of aliphatic imine (C=N–C) groups is 1. The number of thiophene rings is 1. The maximum Gasteiger partial charge on any atom is 0.249 e. The molecule has 2 aromatic carbocycles. The van der Waals surface area contributed by atoms with Crippen molar-refractivity contribution >= 4 is 33.7 Å². The number of methoxy groups -OCH3 is 3. The van der Waals surface area contributed by atoms with E-state index in [0.717, 1.165) is 26.6 Å². The van der Waals surface area contributed by atoms with Crippen molar-refractivity contribution in [3.63, 3.8) is 0 Å². The van der Waals surface area contributed by atoms with Crippen molar-refractivity contribution in [2.75, 3.05) is 39.3 Å². The second-order valence-corrected chi connectivity index (χ2v) is 9.04. The molecule has 0 atom stereocenters. The first-order chi connectivity index (χ1) is 16.4. The van der Waals surface area contributed by atoms with Crippen molar-refractivity contribution < 1.29 is 23.8 Å². The highest BCUT2D eigenvalue weighted by Gasteiger charge is 2.31. The number of benzene rings is 2. The first-order valence-corrected chi connectivity index (χ1v) is 11.5. The normalized spacial score (nSPS) is 13.1. The molecule has 0 fully saturated rings. The van der Waals surface area contributed by atoms with E-state index < -0.39 is 0 Å². The molecular formula is C26H26N2O5S. The number of hydrogen-bond donors (Lipinski definition) is 0. The van der Waals surface area contributed by atoms with Gasteiger partial charge in [0.1, 0.15) is 17.3 Å². The molecule has 1 amide bonds. The van der Waals surface area contributed by atoms with Gasteiger partial charge in [0.15, 0.2) is 17.3 Å². The van der Waals surface area contributed by atoms with Crippen LogP contribution in [0.5, 0.6) is 17.2 Å². The third-order valence-corrected chi connectivity index (χ3v) is 7.10. The minimum atomic E-state index is -0.228. The molecule has 0 bridgehead atoms. The molecule has 0 aliphatic carbocycles. The molecular weight excluding hydrogens is 452 g/mol. The number of ether oxygens (including phenoxy) is 3. The largest absolute Gasteiger partial charge is 0.497 e. The first-order valence-electron chi connectivity index (χ1n) is 10.7. The zero-order valence-electron chi connectivity index (χ0n) is 19.8. The van der Waals surface area contributed by atoms with Crippen LogP contribution in [0.1, 0.15) is 31.9 Å². The highest BCUT2D eigenvalue weighted by molar-refractivity contribution is 7.17. The predicted octanol–water partition coefficient (Wildman–Crippen LogP) is 4.46. The summed E-state index contributed by atoms with van der Waals surface area (Å²) in [4.78, 5) is 33.6. The van der Waals surface area contributed by atoms with E-state index in [1.54, 1.807) is 50.5 Å². The molecule has 8 heteroatoms. The third-order valence-electron chi connectivity index (χ3n) is 5.87. The molecule has 7 nitrogen and oxygen atoms in total. The molecule has 2 heterocycles. The summed E-state index contributed by atoms with van der Waals surface area (Å²) < 4.78 is 16.1. The standard InChI is InChI=1S/C26H26N2O5S/c1-15-16(2)34-26-24(15)25(18-9-10-21(32-4)22(12-18)33-5)27-13-23(30)28(26)14-20(29)17-7-6-8-19(11-17)31-3/h6-12H,13-14H2,1-5H3. The van der Waals surface area contributed by atoms with E-state index in [1.807, 2.05) is 32.0 Å². The summed E-state index contributed by atoms with van der Waals surface area (Å²) >= 11 is 1.49. The molecule has 34 heavy (non-hydrogen) atoms. The average Bonchev–Trinajstić information content (AvgIpc) is 3.07. The van der Waals surface area contributed by atoms with Gasteiger partial charge in [-0.2, -0.15) is 0 Å². The second kappa shape index (κ2) is 9.69. The van der Waals surface area contributed by atoms with E-state index >= 15 is 0 Å². The van der Waals surface area contributed by atoms with Crippen molar-refractivity contribution in [1.29, 1.82) is 0 Å². The van der Waals surface area contributed by atoms with E-state index in [1.165, 1.54) is 11.3 Å². The highest BCUT2D eigenvalue weighted by Crippen LogP contribution is 2.40. The SMILES string of the molecule is COc1cccc(C(=O)CN2C(=O)CN=C(c3ccc(OC)c(OC)c3)c3c2sc(C)c3C)c1. The van der Waals surface area contributed by atoms with Gasteiger partial charge in [0.25, 0.3) is 0 Å². The summed E-state index contributed by atoms with van der Waals surface area (Å²) in [6.45, 7) is 3.88. The number of amides is 1. The molecule has 1 aliphatic rings. The fraction of sp³-hybridized carbons (Fsp3) is 0.269. The molecule has 0 spiro atoms. The fourth-order valence-corrected chi connectivity index (χ4v) is 5.09. The van der Waals surface area contributed by atoms with Gasteiger partial charge in [-0.15, -0.1) is 11.3 Å². The minimum Gasteiger partial charge on any atom is -0.497 e. The van der Waals surface area contributed by atoms with Gasteiger partial charge in [0.2, 0.25) is 5.91 Å². The van der Waals surface area contributed by atoms with E-state index in [9.17, 15) is 9.59 Å². The number of Topliss-reactive ketones (excluding diaryl/α,β-unsaturated/α-hetero) is 1. The lowest BCUT2D eigenvalue weighted by Gasteiger charge is -2.20. The van der Waals surface area contributed by atoms with Crippen LogP contribution in [0, 0.1) is 13.8 Å². The Morgan fingerprint density at radius 1 is 1.03 bits per heavy atom. The van der Waals surface area contributed by atoms with Crippen LogP contribution >= 0.6 is 11.3 Å². The van der Waals surface area contributed by atoms with E-state index in [-0.39, 0.29) is 24.8 Å². The van der Waals surface area contributed by atoms with Crippen molar-refractivity contribution in [2.45, 2.75) is 13.8 Å². The van der Waals surface area contributed by atoms with E-state index in [0.29, 0.717) is 28.5 Å². The molecule has 1 aromatic heterocycles. The molecule has 0 radical (unpaired) electrons. The number of anilines is 1. The van der Waals surface area contributed by atoms with E-state index in [2.05, 4.69) is 4.99 Å². The van der Waals surface area contributed by atoms with Crippen LogP contribution in [-0.2, 0) is 4.79 Å². The van der Waals surface area contributed by atoms with Crippen LogP contribution in [0.4, 0.5) is 5.00 Å². The molecule has 176 valence electrons. The number of hydrogen-bond acceptors (Lipinski definition) is 7. The number of carbonyl (C=O) groups excluding carboxylic acids is 2. The van der Waals surface area contributed by atoms with Crippen LogP contribution in [0.25, 0.3) is 0 Å². The number of carbonyl (C=O) groups is 2. The van der Waals surface area contributed by atoms with Crippen LogP contribution in [0.3, 0.4) is 0 Å². The molecule has 0 unspecified atom stereocenters. The molecule has 0 saturated heterocycles. The molecule has 1 aliphatic heterocycles. The number of rotatable bonds is 7. The number of nitrogens with zero attached hydrogens (tertiary/aromatic N) is 2. The Bertz CT molecular complexity index is 1290. The van der Waals surface area contributed by atoms with Gasteiger partial charge in [-0.1, -0.05) is 12.1 Å². The monoisotopic (exact) mass is 478 g/mol. The number of fused-ring (bicyclic) bond motifs is 1. The molecule has 3 aromatic rings. The minimum absolute atomic E-state index is 0.0606. The topological polar surface area (TPSA) is 77.4 Å². The lowest BCUT2D eigenvalue weighted by atomic mass is 9.99. The Labute approximate surface area is 202 Å². The van der Waals surface area contributed by atoms with Crippen LogP contribution in [-0.4, -0.2) is 51.8 Å². The summed E-state index contributed by atoms with van der Waals surface area (Å²) in [5.74, 6) is 1.39. The Morgan fingerprint density at radius 3 is 2.50 bits per heavy atom. The quantitative estimate of drug-likeness (QED) is 0.469. The van der Waals surface area contributed by atoms with Gasteiger partial charge in [-0.25, -0.2) is 0 Å². The maximum absolute atomic E-state index is 13.2. The summed E-state index contributed by atoms with van der Waals surface area (Å²) in [5.41, 5.74) is 3.89.